The standard InChI is InChI=1S/C12H14N2S/c1-8-9(2)15-12(14-8)7-10-4-3-5-11(13)6-10/h3-6H,7,13H2,1-2H3. The Labute approximate surface area is 93.8 Å². The smallest absolute Gasteiger partial charge is 0.0974 e. The van der Waals surface area contributed by atoms with Gasteiger partial charge in [0.05, 0.1) is 10.7 Å². The number of hydrogen-bond donors (Lipinski definition) is 1. The fourth-order valence-electron chi connectivity index (χ4n) is 1.49. The lowest BCUT2D eigenvalue weighted by Crippen LogP contribution is -1.90. The van der Waals surface area contributed by atoms with Gasteiger partial charge in [0, 0.05) is 17.0 Å². The van der Waals surface area contributed by atoms with Crippen molar-refractivity contribution in [3.05, 3.63) is 45.4 Å². The molecule has 0 unspecified atom stereocenters. The van der Waals surface area contributed by atoms with Gasteiger partial charge in [0.2, 0.25) is 0 Å². The highest BCUT2D eigenvalue weighted by atomic mass is 32.1. The Kier molecular flexibility index (Phi) is 2.73. The normalized spacial score (nSPS) is 10.5. The lowest BCUT2D eigenvalue weighted by Gasteiger charge is -1.98. The van der Waals surface area contributed by atoms with Crippen molar-refractivity contribution in [1.82, 2.24) is 4.98 Å². The van der Waals surface area contributed by atoms with Gasteiger partial charge in [-0.25, -0.2) is 4.98 Å². The third kappa shape index (κ3) is 2.36. The van der Waals surface area contributed by atoms with E-state index in [0.717, 1.165) is 22.8 Å². The Bertz CT molecular complexity index is 455. The molecule has 3 heteroatoms. The van der Waals surface area contributed by atoms with Crippen LogP contribution in [0.3, 0.4) is 0 Å². The van der Waals surface area contributed by atoms with Crippen LogP contribution in [-0.2, 0) is 6.42 Å². The van der Waals surface area contributed by atoms with E-state index in [1.165, 1.54) is 10.4 Å². The van der Waals surface area contributed by atoms with Gasteiger partial charge in [-0.05, 0) is 31.5 Å². The number of aromatic nitrogens is 1. The Hall–Kier alpha value is -1.35. The first kappa shape index (κ1) is 10.2. The highest BCUT2D eigenvalue weighted by Crippen LogP contribution is 2.20. The first-order valence-corrected chi connectivity index (χ1v) is 5.74. The van der Waals surface area contributed by atoms with Crippen molar-refractivity contribution in [3.8, 4) is 0 Å². The van der Waals surface area contributed by atoms with E-state index in [2.05, 4.69) is 24.9 Å². The predicted molar refractivity (Wildman–Crippen MR) is 65.2 cm³/mol. The Morgan fingerprint density at radius 3 is 2.73 bits per heavy atom. The summed E-state index contributed by atoms with van der Waals surface area (Å²) in [5.41, 5.74) is 8.91. The van der Waals surface area contributed by atoms with E-state index in [4.69, 9.17) is 5.73 Å². The average Bonchev–Trinajstić information content (AvgIpc) is 2.45. The molecule has 0 aliphatic heterocycles. The molecule has 1 aromatic carbocycles. The van der Waals surface area contributed by atoms with E-state index in [9.17, 15) is 0 Å². The van der Waals surface area contributed by atoms with E-state index in [1.54, 1.807) is 11.3 Å². The van der Waals surface area contributed by atoms with Crippen LogP contribution in [0, 0.1) is 13.8 Å². The highest BCUT2D eigenvalue weighted by Gasteiger charge is 2.04. The molecule has 78 valence electrons. The highest BCUT2D eigenvalue weighted by molar-refractivity contribution is 7.11. The molecule has 0 aliphatic carbocycles. The van der Waals surface area contributed by atoms with Gasteiger partial charge in [-0.2, -0.15) is 0 Å². The van der Waals surface area contributed by atoms with Crippen molar-refractivity contribution < 1.29 is 0 Å². The van der Waals surface area contributed by atoms with Crippen molar-refractivity contribution in [2.45, 2.75) is 20.3 Å². The van der Waals surface area contributed by atoms with Gasteiger partial charge in [-0.3, -0.25) is 0 Å². The summed E-state index contributed by atoms with van der Waals surface area (Å²) in [6.07, 6.45) is 0.879. The van der Waals surface area contributed by atoms with Crippen LogP contribution in [0.2, 0.25) is 0 Å². The minimum absolute atomic E-state index is 0.817. The molecule has 0 saturated heterocycles. The van der Waals surface area contributed by atoms with Crippen LogP contribution in [0.5, 0.6) is 0 Å². The lowest BCUT2D eigenvalue weighted by molar-refractivity contribution is 1.10. The summed E-state index contributed by atoms with van der Waals surface area (Å²) in [4.78, 5) is 5.81. The van der Waals surface area contributed by atoms with Gasteiger partial charge in [-0.15, -0.1) is 11.3 Å². The van der Waals surface area contributed by atoms with Crippen molar-refractivity contribution in [3.63, 3.8) is 0 Å². The molecule has 0 aliphatic rings. The summed E-state index contributed by atoms with van der Waals surface area (Å²) in [6.45, 7) is 4.16. The second-order valence-corrected chi connectivity index (χ2v) is 4.96. The van der Waals surface area contributed by atoms with E-state index in [0.29, 0.717) is 0 Å². The number of nitrogens with two attached hydrogens (primary N) is 1. The molecule has 2 nitrogen and oxygen atoms in total. The first-order valence-electron chi connectivity index (χ1n) is 4.92. The fraction of sp³-hybridized carbons (Fsp3) is 0.250. The minimum Gasteiger partial charge on any atom is -0.399 e. The van der Waals surface area contributed by atoms with Crippen LogP contribution < -0.4 is 5.73 Å². The van der Waals surface area contributed by atoms with Gasteiger partial charge in [-0.1, -0.05) is 12.1 Å². The van der Waals surface area contributed by atoms with Gasteiger partial charge < -0.3 is 5.73 Å². The maximum atomic E-state index is 5.73. The summed E-state index contributed by atoms with van der Waals surface area (Å²) >= 11 is 1.76. The SMILES string of the molecule is Cc1nc(Cc2cccc(N)c2)sc1C. The molecule has 2 N–H and O–H groups in total. The van der Waals surface area contributed by atoms with Gasteiger partial charge in [0.15, 0.2) is 0 Å². The minimum atomic E-state index is 0.817. The number of rotatable bonds is 2. The summed E-state index contributed by atoms with van der Waals surface area (Å²) in [5.74, 6) is 0. The largest absolute Gasteiger partial charge is 0.399 e. The van der Waals surface area contributed by atoms with E-state index < -0.39 is 0 Å². The Balaban J connectivity index is 2.22. The molecule has 0 radical (unpaired) electrons. The molecule has 15 heavy (non-hydrogen) atoms. The number of anilines is 1. The lowest BCUT2D eigenvalue weighted by atomic mass is 10.1. The summed E-state index contributed by atoms with van der Waals surface area (Å²) in [6, 6.07) is 7.98. The number of hydrogen-bond acceptors (Lipinski definition) is 3. The molecule has 0 amide bonds. The molecule has 0 atom stereocenters. The van der Waals surface area contributed by atoms with Crippen LogP contribution in [0.25, 0.3) is 0 Å². The van der Waals surface area contributed by atoms with Crippen molar-refractivity contribution in [1.29, 1.82) is 0 Å². The van der Waals surface area contributed by atoms with Crippen LogP contribution >= 0.6 is 11.3 Å². The second kappa shape index (κ2) is 4.03. The van der Waals surface area contributed by atoms with E-state index >= 15 is 0 Å². The Morgan fingerprint density at radius 2 is 2.13 bits per heavy atom. The molecule has 1 aromatic heterocycles. The number of nitrogen functional groups attached to an aromatic ring is 1. The molecule has 2 rings (SSSR count). The van der Waals surface area contributed by atoms with Crippen LogP contribution in [0.1, 0.15) is 21.1 Å². The second-order valence-electron chi connectivity index (χ2n) is 3.67. The van der Waals surface area contributed by atoms with Gasteiger partial charge in [0.1, 0.15) is 0 Å². The monoisotopic (exact) mass is 218 g/mol. The number of aryl methyl sites for hydroxylation is 2. The zero-order chi connectivity index (χ0) is 10.8. The van der Waals surface area contributed by atoms with Crippen molar-refractivity contribution >= 4 is 17.0 Å². The molecule has 0 spiro atoms. The molecule has 0 bridgehead atoms. The number of benzene rings is 1. The van der Waals surface area contributed by atoms with Crippen molar-refractivity contribution in [2.24, 2.45) is 0 Å². The van der Waals surface area contributed by atoms with Crippen molar-refractivity contribution in [2.75, 3.05) is 5.73 Å². The Morgan fingerprint density at radius 1 is 1.33 bits per heavy atom. The zero-order valence-electron chi connectivity index (χ0n) is 8.95. The summed E-state index contributed by atoms with van der Waals surface area (Å²) in [7, 11) is 0. The maximum Gasteiger partial charge on any atom is 0.0974 e. The molecular formula is C12H14N2S. The average molecular weight is 218 g/mol. The molecule has 1 heterocycles. The number of thiazole rings is 1. The first-order chi connectivity index (χ1) is 7.15. The third-order valence-electron chi connectivity index (χ3n) is 2.38. The van der Waals surface area contributed by atoms with Crippen LogP contribution in [-0.4, -0.2) is 4.98 Å². The third-order valence-corrected chi connectivity index (χ3v) is 3.45. The van der Waals surface area contributed by atoms with E-state index in [1.807, 2.05) is 18.2 Å². The molecular weight excluding hydrogens is 204 g/mol. The summed E-state index contributed by atoms with van der Waals surface area (Å²) < 4.78 is 0. The van der Waals surface area contributed by atoms with Crippen LogP contribution in [0.4, 0.5) is 5.69 Å². The quantitative estimate of drug-likeness (QED) is 0.787. The topological polar surface area (TPSA) is 38.9 Å². The van der Waals surface area contributed by atoms with E-state index in [-0.39, 0.29) is 0 Å². The fourth-order valence-corrected chi connectivity index (χ4v) is 2.46. The molecule has 0 fully saturated rings. The maximum absolute atomic E-state index is 5.73. The zero-order valence-corrected chi connectivity index (χ0v) is 9.77. The van der Waals surface area contributed by atoms with Gasteiger partial charge >= 0.3 is 0 Å². The summed E-state index contributed by atoms with van der Waals surface area (Å²) in [5, 5.41) is 1.16. The predicted octanol–water partition coefficient (Wildman–Crippen LogP) is 2.93. The molecule has 2 aromatic rings. The van der Waals surface area contributed by atoms with Crippen LogP contribution in [0.15, 0.2) is 24.3 Å². The molecule has 0 saturated carbocycles. The number of nitrogens with zero attached hydrogens (tertiary/aromatic N) is 1. The van der Waals surface area contributed by atoms with Gasteiger partial charge in [0.25, 0.3) is 0 Å².